The summed E-state index contributed by atoms with van der Waals surface area (Å²) in [6, 6.07) is 2.42. The first-order chi connectivity index (χ1) is 6.72. The van der Waals surface area contributed by atoms with Crippen LogP contribution < -0.4 is 4.18 Å². The number of nitrogens with zero attached hydrogens (tertiary/aromatic N) is 1. The number of hydrogen-bond donors (Lipinski definition) is 0. The smallest absolute Gasteiger partial charge is 0.355 e. The number of alkyl halides is 3. The lowest BCUT2D eigenvalue weighted by molar-refractivity contribution is -0.0501. The van der Waals surface area contributed by atoms with Gasteiger partial charge in [-0.2, -0.15) is 21.6 Å². The summed E-state index contributed by atoms with van der Waals surface area (Å²) < 4.78 is 60.4. The molecule has 0 atom stereocenters. The first-order valence-electron chi connectivity index (χ1n) is 3.66. The Bertz CT molecular complexity index is 438. The van der Waals surface area contributed by atoms with Crippen LogP contribution in [0.2, 0.25) is 0 Å². The van der Waals surface area contributed by atoms with Crippen molar-refractivity contribution in [1.29, 1.82) is 0 Å². The van der Waals surface area contributed by atoms with Gasteiger partial charge in [0.25, 0.3) is 0 Å². The van der Waals surface area contributed by atoms with Gasteiger partial charge in [0.05, 0.1) is 0 Å². The van der Waals surface area contributed by atoms with Gasteiger partial charge in [0, 0.05) is 12.3 Å². The molecule has 0 saturated carbocycles. The summed E-state index contributed by atoms with van der Waals surface area (Å²) in [5, 5.41) is 0. The van der Waals surface area contributed by atoms with E-state index in [1.165, 1.54) is 12.3 Å². The van der Waals surface area contributed by atoms with Gasteiger partial charge < -0.3 is 4.18 Å². The van der Waals surface area contributed by atoms with Crippen molar-refractivity contribution >= 4 is 10.1 Å². The second-order valence-corrected chi connectivity index (χ2v) is 4.19. The Morgan fingerprint density at radius 1 is 1.33 bits per heavy atom. The molecule has 1 aromatic heterocycles. The Morgan fingerprint density at radius 2 is 1.93 bits per heavy atom. The van der Waals surface area contributed by atoms with Gasteiger partial charge in [-0.25, -0.2) is 4.98 Å². The van der Waals surface area contributed by atoms with E-state index < -0.39 is 21.5 Å². The first-order valence-corrected chi connectivity index (χ1v) is 5.06. The van der Waals surface area contributed by atoms with E-state index in [-0.39, 0.29) is 0 Å². The summed E-state index contributed by atoms with van der Waals surface area (Å²) in [6.07, 6.45) is 1.20. The van der Waals surface area contributed by atoms with Crippen molar-refractivity contribution in [3.63, 3.8) is 0 Å². The lowest BCUT2D eigenvalue weighted by Gasteiger charge is -2.08. The van der Waals surface area contributed by atoms with Gasteiger partial charge in [-0.1, -0.05) is 6.07 Å². The van der Waals surface area contributed by atoms with Crippen molar-refractivity contribution in [3.8, 4) is 5.88 Å². The van der Waals surface area contributed by atoms with Crippen molar-refractivity contribution in [3.05, 3.63) is 23.9 Å². The monoisotopic (exact) mass is 241 g/mol. The molecule has 0 amide bonds. The number of aromatic nitrogens is 1. The highest BCUT2D eigenvalue weighted by molar-refractivity contribution is 7.87. The van der Waals surface area contributed by atoms with E-state index in [0.717, 1.165) is 6.07 Å². The molecule has 0 saturated heterocycles. The average Bonchev–Trinajstić information content (AvgIpc) is 2.06. The van der Waals surface area contributed by atoms with E-state index >= 15 is 0 Å². The van der Waals surface area contributed by atoms with E-state index in [0.29, 0.717) is 5.56 Å². The van der Waals surface area contributed by atoms with Crippen molar-refractivity contribution in [2.24, 2.45) is 0 Å². The number of aryl methyl sites for hydroxylation is 1. The highest BCUT2D eigenvalue weighted by atomic mass is 32.2. The summed E-state index contributed by atoms with van der Waals surface area (Å²) in [5.41, 5.74) is -4.77. The van der Waals surface area contributed by atoms with Crippen LogP contribution in [0.5, 0.6) is 5.88 Å². The minimum atomic E-state index is -5.63. The molecular weight excluding hydrogens is 235 g/mol. The third-order valence-corrected chi connectivity index (χ3v) is 2.32. The Kier molecular flexibility index (Phi) is 2.89. The maximum absolute atomic E-state index is 11.9. The summed E-state index contributed by atoms with van der Waals surface area (Å²) in [4.78, 5) is 3.38. The molecule has 15 heavy (non-hydrogen) atoms. The van der Waals surface area contributed by atoms with Crippen LogP contribution in [-0.4, -0.2) is 18.9 Å². The van der Waals surface area contributed by atoms with E-state index in [2.05, 4.69) is 9.17 Å². The van der Waals surface area contributed by atoms with E-state index in [1.54, 1.807) is 6.92 Å². The SMILES string of the molecule is Cc1ccc(OS(=O)(=O)C(F)(F)F)nc1. The molecule has 0 aliphatic heterocycles. The first kappa shape index (κ1) is 11.8. The van der Waals surface area contributed by atoms with Crippen LogP contribution in [-0.2, 0) is 10.1 Å². The molecule has 1 rings (SSSR count). The minimum Gasteiger partial charge on any atom is -0.355 e. The molecule has 4 nitrogen and oxygen atoms in total. The maximum Gasteiger partial charge on any atom is 0.534 e. The quantitative estimate of drug-likeness (QED) is 0.583. The molecule has 0 bridgehead atoms. The largest absolute Gasteiger partial charge is 0.534 e. The molecule has 84 valence electrons. The normalized spacial score (nSPS) is 12.5. The van der Waals surface area contributed by atoms with Gasteiger partial charge in [-0.05, 0) is 12.5 Å². The van der Waals surface area contributed by atoms with E-state index in [1.807, 2.05) is 0 Å². The van der Waals surface area contributed by atoms with Crippen molar-refractivity contribution in [2.45, 2.75) is 12.4 Å². The molecule has 0 aromatic carbocycles. The van der Waals surface area contributed by atoms with Crippen LogP contribution in [0.15, 0.2) is 18.3 Å². The summed E-state index contributed by atoms with van der Waals surface area (Å²) in [5.74, 6) is -0.613. The Balaban J connectivity index is 2.93. The van der Waals surface area contributed by atoms with Crippen LogP contribution in [0.3, 0.4) is 0 Å². The maximum atomic E-state index is 11.9. The molecule has 0 fully saturated rings. The molecule has 0 aliphatic rings. The zero-order chi connectivity index (χ0) is 11.7. The predicted molar refractivity (Wildman–Crippen MR) is 44.6 cm³/mol. The van der Waals surface area contributed by atoms with Gasteiger partial charge in [-0.15, -0.1) is 0 Å². The molecular formula is C7H6F3NO3S. The van der Waals surface area contributed by atoms with Crippen LogP contribution in [0.1, 0.15) is 5.56 Å². The second kappa shape index (κ2) is 3.69. The zero-order valence-electron chi connectivity index (χ0n) is 7.45. The molecule has 0 spiro atoms. The molecule has 1 aromatic rings. The number of hydrogen-bond acceptors (Lipinski definition) is 4. The average molecular weight is 241 g/mol. The molecule has 0 radical (unpaired) electrons. The fourth-order valence-corrected chi connectivity index (χ4v) is 1.08. The van der Waals surface area contributed by atoms with Gasteiger partial charge in [-0.3, -0.25) is 0 Å². The zero-order valence-corrected chi connectivity index (χ0v) is 8.26. The van der Waals surface area contributed by atoms with Gasteiger partial charge in [0.1, 0.15) is 0 Å². The van der Waals surface area contributed by atoms with Gasteiger partial charge >= 0.3 is 15.6 Å². The highest BCUT2D eigenvalue weighted by Gasteiger charge is 2.48. The third kappa shape index (κ3) is 2.82. The highest BCUT2D eigenvalue weighted by Crippen LogP contribution is 2.25. The molecule has 0 aliphatic carbocycles. The number of rotatable bonds is 2. The number of pyridine rings is 1. The van der Waals surface area contributed by atoms with E-state index in [4.69, 9.17) is 0 Å². The predicted octanol–water partition coefficient (Wildman–Crippen LogP) is 1.62. The third-order valence-electron chi connectivity index (χ3n) is 1.36. The van der Waals surface area contributed by atoms with Crippen molar-refractivity contribution in [1.82, 2.24) is 4.98 Å². The standard InChI is InChI=1S/C7H6F3NO3S/c1-5-2-3-6(11-4-5)14-15(12,13)7(8,9)10/h2-4H,1H3. The van der Waals surface area contributed by atoms with Crippen LogP contribution in [0, 0.1) is 6.92 Å². The number of halogens is 3. The fourth-order valence-electron chi connectivity index (χ4n) is 0.663. The minimum absolute atomic E-state index is 0.613. The fraction of sp³-hybridized carbons (Fsp3) is 0.286. The Morgan fingerprint density at radius 3 is 2.33 bits per heavy atom. The Hall–Kier alpha value is -1.31. The molecule has 0 unspecified atom stereocenters. The Labute approximate surface area is 83.8 Å². The van der Waals surface area contributed by atoms with Crippen LogP contribution in [0.25, 0.3) is 0 Å². The van der Waals surface area contributed by atoms with Crippen molar-refractivity contribution in [2.75, 3.05) is 0 Å². The summed E-state index contributed by atoms with van der Waals surface area (Å²) >= 11 is 0. The summed E-state index contributed by atoms with van der Waals surface area (Å²) in [6.45, 7) is 1.65. The van der Waals surface area contributed by atoms with E-state index in [9.17, 15) is 21.6 Å². The van der Waals surface area contributed by atoms with Crippen LogP contribution in [0.4, 0.5) is 13.2 Å². The van der Waals surface area contributed by atoms with Gasteiger partial charge in [0.2, 0.25) is 5.88 Å². The molecule has 0 N–H and O–H groups in total. The lowest BCUT2D eigenvalue weighted by Crippen LogP contribution is -2.28. The lowest BCUT2D eigenvalue weighted by atomic mass is 10.3. The molecule has 8 heteroatoms. The van der Waals surface area contributed by atoms with Gasteiger partial charge in [0.15, 0.2) is 0 Å². The van der Waals surface area contributed by atoms with Crippen molar-refractivity contribution < 1.29 is 25.8 Å². The summed E-state index contributed by atoms with van der Waals surface area (Å²) in [7, 11) is -5.63. The van der Waals surface area contributed by atoms with Crippen LogP contribution >= 0.6 is 0 Å². The topological polar surface area (TPSA) is 56.3 Å². The molecule has 1 heterocycles. The second-order valence-electron chi connectivity index (χ2n) is 2.66.